The fraction of sp³-hybridized carbons (Fsp3) is 0.0769. The number of fused-ring (bicyclic) bond motifs is 1. The Kier molecular flexibility index (Phi) is 3.51. The monoisotopic (exact) mass is 258 g/mol. The molecule has 0 aromatic heterocycles. The molecule has 6 heteroatoms. The fourth-order valence-corrected chi connectivity index (χ4v) is 1.87. The summed E-state index contributed by atoms with van der Waals surface area (Å²) in [5, 5.41) is 6.89. The summed E-state index contributed by atoms with van der Waals surface area (Å²) < 4.78 is 0. The maximum Gasteiger partial charge on any atom is 0.314 e. The molecule has 0 bridgehead atoms. The number of carbonyl (C=O) groups is 2. The molecule has 0 aliphatic rings. The van der Waals surface area contributed by atoms with Gasteiger partial charge in [-0.15, -0.1) is 0 Å². The molecule has 0 saturated heterocycles. The van der Waals surface area contributed by atoms with Gasteiger partial charge in [-0.05, 0) is 22.4 Å². The van der Waals surface area contributed by atoms with E-state index < -0.39 is 18.2 Å². The van der Waals surface area contributed by atoms with Crippen LogP contribution >= 0.6 is 0 Å². The number of rotatable bonds is 3. The summed E-state index contributed by atoms with van der Waals surface area (Å²) in [7, 11) is 0. The van der Waals surface area contributed by atoms with Gasteiger partial charge in [0.05, 0.1) is 0 Å². The zero-order chi connectivity index (χ0) is 13.8. The third-order valence-corrected chi connectivity index (χ3v) is 2.68. The zero-order valence-electron chi connectivity index (χ0n) is 10.1. The smallest absolute Gasteiger partial charge is 0.314 e. The van der Waals surface area contributed by atoms with Gasteiger partial charge in [0.15, 0.2) is 0 Å². The molecular formula is C13H14N4O2. The Labute approximate surface area is 109 Å². The Morgan fingerprint density at radius 1 is 0.895 bits per heavy atom. The number of benzene rings is 2. The number of amides is 4. The van der Waals surface area contributed by atoms with Crippen molar-refractivity contribution < 1.29 is 9.59 Å². The van der Waals surface area contributed by atoms with Gasteiger partial charge in [0.1, 0.15) is 6.17 Å². The molecular weight excluding hydrogens is 244 g/mol. The summed E-state index contributed by atoms with van der Waals surface area (Å²) in [4.78, 5) is 21.9. The molecule has 6 N–H and O–H groups in total. The van der Waals surface area contributed by atoms with Crippen LogP contribution in [0.15, 0.2) is 42.5 Å². The van der Waals surface area contributed by atoms with Gasteiger partial charge in [-0.3, -0.25) is 0 Å². The number of primary amides is 2. The highest BCUT2D eigenvalue weighted by Gasteiger charge is 2.14. The Morgan fingerprint density at radius 3 is 2.05 bits per heavy atom. The SMILES string of the molecule is NC(=O)NC(NC(N)=O)c1ccc2ccccc2c1. The minimum Gasteiger partial charge on any atom is -0.352 e. The maximum atomic E-state index is 10.9. The van der Waals surface area contributed by atoms with E-state index in [0.717, 1.165) is 10.8 Å². The van der Waals surface area contributed by atoms with E-state index in [4.69, 9.17) is 11.5 Å². The molecule has 0 fully saturated rings. The highest BCUT2D eigenvalue weighted by Crippen LogP contribution is 2.19. The first-order chi connectivity index (χ1) is 9.06. The van der Waals surface area contributed by atoms with Crippen molar-refractivity contribution in [3.63, 3.8) is 0 Å². The van der Waals surface area contributed by atoms with Gasteiger partial charge < -0.3 is 22.1 Å². The predicted octanol–water partition coefficient (Wildman–Crippen LogP) is 1.17. The van der Waals surface area contributed by atoms with Crippen LogP contribution in [0.4, 0.5) is 9.59 Å². The zero-order valence-corrected chi connectivity index (χ0v) is 10.1. The molecule has 98 valence electrons. The van der Waals surface area contributed by atoms with Crippen LogP contribution in [0.3, 0.4) is 0 Å². The standard InChI is InChI=1S/C13H14N4O2/c14-12(18)16-11(17-13(15)19)10-6-5-8-3-1-2-4-9(8)7-10/h1-7,11H,(H3,14,16,18)(H3,15,17,19). The van der Waals surface area contributed by atoms with Crippen LogP contribution in [0, 0.1) is 0 Å². The molecule has 2 rings (SSSR count). The summed E-state index contributed by atoms with van der Waals surface area (Å²) in [6.07, 6.45) is -0.750. The van der Waals surface area contributed by atoms with Crippen LogP contribution in [0.1, 0.15) is 11.7 Å². The number of carbonyl (C=O) groups excluding carboxylic acids is 2. The minimum atomic E-state index is -0.750. The van der Waals surface area contributed by atoms with Gasteiger partial charge in [-0.25, -0.2) is 9.59 Å². The molecule has 4 amide bonds. The van der Waals surface area contributed by atoms with Gasteiger partial charge >= 0.3 is 12.1 Å². The molecule has 0 aliphatic carbocycles. The highest BCUT2D eigenvalue weighted by atomic mass is 16.2. The molecule has 19 heavy (non-hydrogen) atoms. The van der Waals surface area contributed by atoms with E-state index in [1.165, 1.54) is 0 Å². The summed E-state index contributed by atoms with van der Waals surface area (Å²) in [6.45, 7) is 0. The Bertz CT molecular complexity index is 611. The van der Waals surface area contributed by atoms with Crippen molar-refractivity contribution >= 4 is 22.8 Å². The van der Waals surface area contributed by atoms with Crippen molar-refractivity contribution in [1.29, 1.82) is 0 Å². The molecule has 0 aliphatic heterocycles. The molecule has 0 saturated carbocycles. The molecule has 0 spiro atoms. The second-order valence-corrected chi connectivity index (χ2v) is 4.06. The fourth-order valence-electron chi connectivity index (χ4n) is 1.87. The van der Waals surface area contributed by atoms with E-state index >= 15 is 0 Å². The van der Waals surface area contributed by atoms with E-state index in [1.807, 2.05) is 36.4 Å². The van der Waals surface area contributed by atoms with Crippen molar-refractivity contribution in [3.8, 4) is 0 Å². The normalized spacial score (nSPS) is 10.4. The minimum absolute atomic E-state index is 0.691. The van der Waals surface area contributed by atoms with Crippen molar-refractivity contribution in [2.45, 2.75) is 6.17 Å². The van der Waals surface area contributed by atoms with Crippen LogP contribution in [0.2, 0.25) is 0 Å². The Morgan fingerprint density at radius 2 is 1.47 bits per heavy atom. The summed E-state index contributed by atoms with van der Waals surface area (Å²) >= 11 is 0. The summed E-state index contributed by atoms with van der Waals surface area (Å²) in [6, 6.07) is 11.8. The lowest BCUT2D eigenvalue weighted by Crippen LogP contribution is -2.45. The molecule has 0 atom stereocenters. The summed E-state index contributed by atoms with van der Waals surface area (Å²) in [5.74, 6) is 0. The van der Waals surface area contributed by atoms with Gasteiger partial charge in [0.2, 0.25) is 0 Å². The number of nitrogens with one attached hydrogen (secondary N) is 2. The molecule has 0 heterocycles. The maximum absolute atomic E-state index is 10.9. The van der Waals surface area contributed by atoms with Crippen LogP contribution in [-0.4, -0.2) is 12.1 Å². The second-order valence-electron chi connectivity index (χ2n) is 4.06. The number of hydrogen-bond donors (Lipinski definition) is 4. The van der Waals surface area contributed by atoms with Crippen LogP contribution in [0.25, 0.3) is 10.8 Å². The number of nitrogens with two attached hydrogens (primary N) is 2. The lowest BCUT2D eigenvalue weighted by molar-refractivity contribution is 0.235. The van der Waals surface area contributed by atoms with Crippen molar-refractivity contribution in [3.05, 3.63) is 48.0 Å². The molecule has 2 aromatic carbocycles. The lowest BCUT2D eigenvalue weighted by atomic mass is 10.1. The number of urea groups is 2. The topological polar surface area (TPSA) is 110 Å². The van der Waals surface area contributed by atoms with Crippen molar-refractivity contribution in [2.24, 2.45) is 11.5 Å². The van der Waals surface area contributed by atoms with E-state index in [1.54, 1.807) is 6.07 Å². The van der Waals surface area contributed by atoms with E-state index in [9.17, 15) is 9.59 Å². The van der Waals surface area contributed by atoms with Crippen LogP contribution < -0.4 is 22.1 Å². The predicted molar refractivity (Wildman–Crippen MR) is 72.1 cm³/mol. The Hall–Kier alpha value is -2.76. The quantitative estimate of drug-likeness (QED) is 0.620. The first kappa shape index (κ1) is 12.7. The van der Waals surface area contributed by atoms with Crippen molar-refractivity contribution in [2.75, 3.05) is 0 Å². The third kappa shape index (κ3) is 3.12. The van der Waals surface area contributed by atoms with E-state index in [2.05, 4.69) is 10.6 Å². The van der Waals surface area contributed by atoms with Gasteiger partial charge in [-0.1, -0.05) is 36.4 Å². The molecule has 0 radical (unpaired) electrons. The first-order valence-electron chi connectivity index (χ1n) is 5.67. The lowest BCUT2D eigenvalue weighted by Gasteiger charge is -2.18. The molecule has 2 aromatic rings. The van der Waals surface area contributed by atoms with Crippen molar-refractivity contribution in [1.82, 2.24) is 10.6 Å². The average molecular weight is 258 g/mol. The summed E-state index contributed by atoms with van der Waals surface area (Å²) in [5.41, 5.74) is 10.8. The van der Waals surface area contributed by atoms with Crippen LogP contribution in [0.5, 0.6) is 0 Å². The van der Waals surface area contributed by atoms with Gasteiger partial charge in [0.25, 0.3) is 0 Å². The average Bonchev–Trinajstić information content (AvgIpc) is 2.36. The van der Waals surface area contributed by atoms with Crippen LogP contribution in [-0.2, 0) is 0 Å². The van der Waals surface area contributed by atoms with E-state index in [-0.39, 0.29) is 0 Å². The Balaban J connectivity index is 2.37. The third-order valence-electron chi connectivity index (χ3n) is 2.68. The largest absolute Gasteiger partial charge is 0.352 e. The second kappa shape index (κ2) is 5.26. The molecule has 6 nitrogen and oxygen atoms in total. The van der Waals surface area contributed by atoms with E-state index in [0.29, 0.717) is 5.56 Å². The van der Waals surface area contributed by atoms with Gasteiger partial charge in [0, 0.05) is 0 Å². The van der Waals surface area contributed by atoms with Gasteiger partial charge in [-0.2, -0.15) is 0 Å². The highest BCUT2D eigenvalue weighted by molar-refractivity contribution is 5.83. The molecule has 0 unspecified atom stereocenters. The first-order valence-corrected chi connectivity index (χ1v) is 5.67. The number of hydrogen-bond acceptors (Lipinski definition) is 2.